The number of hydrogen-bond acceptors (Lipinski definition) is 8. The van der Waals surface area contributed by atoms with Crippen LogP contribution >= 0.6 is 0 Å². The van der Waals surface area contributed by atoms with Crippen LogP contribution in [0.5, 0.6) is 0 Å². The maximum absolute atomic E-state index is 10.8. The van der Waals surface area contributed by atoms with Crippen LogP contribution in [-0.2, 0) is 4.74 Å². The Morgan fingerprint density at radius 1 is 1.56 bits per heavy atom. The number of nitrogen functional groups attached to an aromatic ring is 1. The molecular formula is C9H11N5O4. The van der Waals surface area contributed by atoms with Crippen molar-refractivity contribution in [2.45, 2.75) is 12.3 Å². The predicted octanol–water partition coefficient (Wildman–Crippen LogP) is -0.348. The van der Waals surface area contributed by atoms with E-state index in [0.29, 0.717) is 0 Å². The van der Waals surface area contributed by atoms with Gasteiger partial charge < -0.3 is 20.9 Å². The van der Waals surface area contributed by atoms with E-state index in [2.05, 4.69) is 15.3 Å². The van der Waals surface area contributed by atoms with Crippen LogP contribution in [0, 0.1) is 10.1 Å². The minimum atomic E-state index is -0.667. The van der Waals surface area contributed by atoms with E-state index in [9.17, 15) is 10.1 Å². The van der Waals surface area contributed by atoms with E-state index in [0.717, 1.165) is 6.33 Å². The van der Waals surface area contributed by atoms with Crippen LogP contribution in [0.1, 0.15) is 0 Å². The molecule has 0 fully saturated rings. The lowest BCUT2D eigenvalue weighted by Gasteiger charge is -2.14. The smallest absolute Gasteiger partial charge is 0.353 e. The van der Waals surface area contributed by atoms with Crippen molar-refractivity contribution in [3.05, 3.63) is 28.6 Å². The molecule has 0 amide bonds. The Hall–Kier alpha value is -2.26. The predicted molar refractivity (Wildman–Crippen MR) is 61.6 cm³/mol. The highest BCUT2D eigenvalue weighted by molar-refractivity contribution is 5.67. The van der Waals surface area contributed by atoms with E-state index in [4.69, 9.17) is 15.6 Å². The van der Waals surface area contributed by atoms with Gasteiger partial charge in [-0.1, -0.05) is 6.08 Å². The van der Waals surface area contributed by atoms with E-state index in [1.165, 1.54) is 0 Å². The number of ether oxygens (including phenoxy) is 1. The van der Waals surface area contributed by atoms with Gasteiger partial charge in [0.1, 0.15) is 18.7 Å². The van der Waals surface area contributed by atoms with Crippen LogP contribution in [0.15, 0.2) is 18.5 Å². The van der Waals surface area contributed by atoms with Gasteiger partial charge in [0.15, 0.2) is 0 Å². The summed E-state index contributed by atoms with van der Waals surface area (Å²) in [5.41, 5.74) is 5.02. The fourth-order valence-corrected chi connectivity index (χ4v) is 1.50. The summed E-state index contributed by atoms with van der Waals surface area (Å²) in [6.45, 7) is -0.164. The molecule has 0 saturated heterocycles. The lowest BCUT2D eigenvalue weighted by molar-refractivity contribution is -0.383. The zero-order valence-corrected chi connectivity index (χ0v) is 9.18. The molecule has 0 spiro atoms. The Labute approximate surface area is 101 Å². The van der Waals surface area contributed by atoms with Crippen LogP contribution in [0.25, 0.3) is 0 Å². The van der Waals surface area contributed by atoms with Crippen molar-refractivity contribution in [2.24, 2.45) is 0 Å². The minimum absolute atomic E-state index is 0.0271. The fourth-order valence-electron chi connectivity index (χ4n) is 1.50. The third-order valence-electron chi connectivity index (χ3n) is 2.31. The molecule has 2 rings (SSSR count). The number of nitrogens with zero attached hydrogens (tertiary/aromatic N) is 3. The molecular weight excluding hydrogens is 242 g/mol. The van der Waals surface area contributed by atoms with Gasteiger partial charge in [-0.15, -0.1) is 0 Å². The molecule has 0 saturated carbocycles. The van der Waals surface area contributed by atoms with Crippen molar-refractivity contribution in [1.29, 1.82) is 0 Å². The van der Waals surface area contributed by atoms with E-state index in [1.807, 2.05) is 0 Å². The number of nitro groups is 1. The highest BCUT2D eigenvalue weighted by Crippen LogP contribution is 2.27. The molecule has 0 bridgehead atoms. The monoisotopic (exact) mass is 253 g/mol. The van der Waals surface area contributed by atoms with Gasteiger partial charge in [-0.25, -0.2) is 9.97 Å². The third kappa shape index (κ3) is 2.36. The van der Waals surface area contributed by atoms with Crippen molar-refractivity contribution >= 4 is 17.3 Å². The summed E-state index contributed by atoms with van der Waals surface area (Å²) in [6.07, 6.45) is 3.36. The van der Waals surface area contributed by atoms with Crippen LogP contribution in [0.4, 0.5) is 17.3 Å². The summed E-state index contributed by atoms with van der Waals surface area (Å²) in [7, 11) is 0. The largest absolute Gasteiger partial charge is 0.393 e. The Balaban J connectivity index is 2.18. The summed E-state index contributed by atoms with van der Waals surface area (Å²) in [6, 6.07) is 0. The number of nitrogens with two attached hydrogens (primary N) is 1. The summed E-state index contributed by atoms with van der Waals surface area (Å²) in [4.78, 5) is 17.5. The van der Waals surface area contributed by atoms with Crippen molar-refractivity contribution in [2.75, 3.05) is 17.7 Å². The van der Waals surface area contributed by atoms with Gasteiger partial charge in [-0.05, 0) is 6.08 Å². The fraction of sp³-hybridized carbons (Fsp3) is 0.333. The molecule has 9 heteroatoms. The van der Waals surface area contributed by atoms with Crippen LogP contribution in [0.3, 0.4) is 0 Å². The van der Waals surface area contributed by atoms with Gasteiger partial charge >= 0.3 is 5.69 Å². The Morgan fingerprint density at radius 3 is 2.94 bits per heavy atom. The van der Waals surface area contributed by atoms with Gasteiger partial charge in [-0.3, -0.25) is 10.1 Å². The normalized spacial score (nSPS) is 22.1. The molecule has 2 heterocycles. The van der Waals surface area contributed by atoms with Crippen molar-refractivity contribution in [1.82, 2.24) is 9.97 Å². The molecule has 0 aliphatic carbocycles. The maximum atomic E-state index is 10.8. The maximum Gasteiger partial charge on any atom is 0.353 e. The quantitative estimate of drug-likeness (QED) is 0.376. The molecule has 18 heavy (non-hydrogen) atoms. The molecule has 1 aromatic heterocycles. The molecule has 2 unspecified atom stereocenters. The van der Waals surface area contributed by atoms with Crippen molar-refractivity contribution < 1.29 is 14.8 Å². The standard InChI is InChI=1S/C9H11N5O4/c10-8-7(14(16)17)9(12-4-11-8)13-6-2-1-5(3-15)18-6/h1-2,4-6,15H,3H2,(H3,10,11,12,13). The van der Waals surface area contributed by atoms with E-state index >= 15 is 0 Å². The number of hydrogen-bond donors (Lipinski definition) is 3. The molecule has 96 valence electrons. The van der Waals surface area contributed by atoms with Gasteiger partial charge in [0.2, 0.25) is 11.6 Å². The van der Waals surface area contributed by atoms with E-state index in [-0.39, 0.29) is 18.2 Å². The van der Waals surface area contributed by atoms with Crippen molar-refractivity contribution in [3.63, 3.8) is 0 Å². The number of rotatable bonds is 4. The number of nitrogens with one attached hydrogen (secondary N) is 1. The average Bonchev–Trinajstić information content (AvgIpc) is 2.76. The number of aliphatic hydroxyl groups excluding tert-OH is 1. The number of anilines is 2. The van der Waals surface area contributed by atoms with Gasteiger partial charge in [0.25, 0.3) is 0 Å². The SMILES string of the molecule is Nc1ncnc(NC2C=CC(CO)O2)c1[N+](=O)[O-]. The molecule has 2 atom stereocenters. The Bertz CT molecular complexity index is 492. The highest BCUT2D eigenvalue weighted by Gasteiger charge is 2.25. The van der Waals surface area contributed by atoms with Crippen LogP contribution < -0.4 is 11.1 Å². The first-order valence-corrected chi connectivity index (χ1v) is 5.08. The third-order valence-corrected chi connectivity index (χ3v) is 2.31. The lowest BCUT2D eigenvalue weighted by Crippen LogP contribution is -2.23. The van der Waals surface area contributed by atoms with Gasteiger partial charge in [-0.2, -0.15) is 0 Å². The molecule has 4 N–H and O–H groups in total. The lowest BCUT2D eigenvalue weighted by atomic mass is 10.3. The Morgan fingerprint density at radius 2 is 2.33 bits per heavy atom. The molecule has 1 aliphatic rings. The molecule has 9 nitrogen and oxygen atoms in total. The number of aliphatic hydroxyl groups is 1. The molecule has 1 aliphatic heterocycles. The minimum Gasteiger partial charge on any atom is -0.393 e. The van der Waals surface area contributed by atoms with E-state index < -0.39 is 22.9 Å². The van der Waals surface area contributed by atoms with E-state index in [1.54, 1.807) is 12.2 Å². The topological polar surface area (TPSA) is 136 Å². The summed E-state index contributed by atoms with van der Waals surface area (Å²) < 4.78 is 5.29. The second-order valence-corrected chi connectivity index (χ2v) is 3.52. The Kier molecular flexibility index (Phi) is 3.35. The molecule has 1 aromatic rings. The van der Waals surface area contributed by atoms with Crippen molar-refractivity contribution in [3.8, 4) is 0 Å². The van der Waals surface area contributed by atoms with Crippen LogP contribution in [-0.4, -0.2) is 38.9 Å². The first-order valence-electron chi connectivity index (χ1n) is 5.08. The second kappa shape index (κ2) is 4.94. The average molecular weight is 253 g/mol. The highest BCUT2D eigenvalue weighted by atomic mass is 16.6. The summed E-state index contributed by atoms with van der Waals surface area (Å²) >= 11 is 0. The molecule has 0 radical (unpaired) electrons. The molecule has 0 aromatic carbocycles. The summed E-state index contributed by atoms with van der Waals surface area (Å²) in [5.74, 6) is -0.251. The second-order valence-electron chi connectivity index (χ2n) is 3.52. The number of aromatic nitrogens is 2. The van der Waals surface area contributed by atoms with Gasteiger partial charge in [0.05, 0.1) is 11.5 Å². The van der Waals surface area contributed by atoms with Gasteiger partial charge in [0, 0.05) is 0 Å². The zero-order chi connectivity index (χ0) is 13.1. The summed E-state index contributed by atoms with van der Waals surface area (Å²) in [5, 5.41) is 22.4. The first kappa shape index (κ1) is 12.2. The first-order chi connectivity index (χ1) is 8.61. The zero-order valence-electron chi connectivity index (χ0n) is 9.18. The van der Waals surface area contributed by atoms with Crippen LogP contribution in [0.2, 0.25) is 0 Å².